The zero-order valence-corrected chi connectivity index (χ0v) is 19.6. The first-order valence-electron chi connectivity index (χ1n) is 10.9. The van der Waals surface area contributed by atoms with E-state index >= 15 is 0 Å². The van der Waals surface area contributed by atoms with Crippen molar-refractivity contribution in [1.82, 2.24) is 14.8 Å². The van der Waals surface area contributed by atoms with Gasteiger partial charge in [-0.05, 0) is 36.4 Å². The van der Waals surface area contributed by atoms with Crippen LogP contribution in [0.15, 0.2) is 53.9 Å². The van der Waals surface area contributed by atoms with E-state index in [0.29, 0.717) is 36.2 Å². The number of fused-ring (bicyclic) bond motifs is 1. The van der Waals surface area contributed by atoms with E-state index in [9.17, 15) is 4.79 Å². The van der Waals surface area contributed by atoms with Gasteiger partial charge in [0.25, 0.3) is 5.91 Å². The molecule has 3 heterocycles. The van der Waals surface area contributed by atoms with Crippen molar-refractivity contribution in [1.29, 1.82) is 0 Å². The molecule has 0 aliphatic carbocycles. The fourth-order valence-electron chi connectivity index (χ4n) is 3.86. The second-order valence-electron chi connectivity index (χ2n) is 7.94. The molecule has 0 radical (unpaired) electrons. The van der Waals surface area contributed by atoms with Crippen LogP contribution in [0.25, 0.3) is 0 Å². The van der Waals surface area contributed by atoms with Crippen LogP contribution in [0.3, 0.4) is 0 Å². The molecule has 3 aromatic rings. The van der Waals surface area contributed by atoms with E-state index in [1.807, 2.05) is 41.3 Å². The van der Waals surface area contributed by atoms with E-state index < -0.39 is 6.10 Å². The smallest absolute Gasteiger partial charge is 0.267 e. The summed E-state index contributed by atoms with van der Waals surface area (Å²) in [5, 5.41) is 3.69. The Morgan fingerprint density at radius 1 is 1.09 bits per heavy atom. The van der Waals surface area contributed by atoms with Gasteiger partial charge < -0.3 is 19.1 Å². The Kier molecular flexibility index (Phi) is 6.66. The molecule has 33 heavy (non-hydrogen) atoms. The SMILES string of the molecule is O=C([C@@H]1COc2ccccc2O1)N1CCN(Cc2csc(COc3ccc(Cl)cc3)n2)CC1. The Morgan fingerprint density at radius 3 is 2.64 bits per heavy atom. The third kappa shape index (κ3) is 5.40. The van der Waals surface area contributed by atoms with Crippen LogP contribution >= 0.6 is 22.9 Å². The Bertz CT molecular complexity index is 1100. The normalized spacial score (nSPS) is 18.2. The second-order valence-corrected chi connectivity index (χ2v) is 9.32. The molecule has 1 fully saturated rings. The van der Waals surface area contributed by atoms with Gasteiger partial charge in [0.05, 0.1) is 5.69 Å². The maximum atomic E-state index is 12.9. The highest BCUT2D eigenvalue weighted by Gasteiger charge is 2.32. The molecular weight excluding hydrogens is 462 g/mol. The van der Waals surface area contributed by atoms with E-state index in [-0.39, 0.29) is 12.5 Å². The van der Waals surface area contributed by atoms with Crippen LogP contribution in [-0.4, -0.2) is 59.6 Å². The molecule has 1 atom stereocenters. The van der Waals surface area contributed by atoms with Crippen LogP contribution < -0.4 is 14.2 Å². The van der Waals surface area contributed by atoms with Crippen molar-refractivity contribution in [3.63, 3.8) is 0 Å². The largest absolute Gasteiger partial charge is 0.486 e. The molecule has 2 aliphatic rings. The van der Waals surface area contributed by atoms with Gasteiger partial charge in [-0.2, -0.15) is 0 Å². The van der Waals surface area contributed by atoms with Crippen LogP contribution in [0.5, 0.6) is 17.2 Å². The van der Waals surface area contributed by atoms with E-state index in [0.717, 1.165) is 36.1 Å². The number of nitrogens with zero attached hydrogens (tertiary/aromatic N) is 3. The number of carbonyl (C=O) groups is 1. The number of carbonyl (C=O) groups excluding carboxylic acids is 1. The van der Waals surface area contributed by atoms with Crippen LogP contribution in [-0.2, 0) is 17.9 Å². The molecule has 2 aliphatic heterocycles. The summed E-state index contributed by atoms with van der Waals surface area (Å²) >= 11 is 7.50. The molecule has 7 nitrogen and oxygen atoms in total. The van der Waals surface area contributed by atoms with Crippen LogP contribution in [0.2, 0.25) is 5.02 Å². The van der Waals surface area contributed by atoms with Crippen molar-refractivity contribution in [2.75, 3.05) is 32.8 Å². The van der Waals surface area contributed by atoms with Gasteiger partial charge in [0.1, 0.15) is 24.0 Å². The second kappa shape index (κ2) is 9.99. The standard InChI is InChI=1S/C24H24ClN3O4S/c25-17-5-7-19(8-6-17)30-15-23-26-18(16-33-23)13-27-9-11-28(12-10-27)24(29)22-14-31-20-3-1-2-4-21(20)32-22/h1-8,16,22H,9-15H2/t22-/m0/s1. The van der Waals surface area contributed by atoms with Gasteiger partial charge in [0.2, 0.25) is 6.10 Å². The van der Waals surface area contributed by atoms with Gasteiger partial charge >= 0.3 is 0 Å². The summed E-state index contributed by atoms with van der Waals surface area (Å²) in [4.78, 5) is 21.8. The van der Waals surface area contributed by atoms with Crippen LogP contribution in [0, 0.1) is 0 Å². The van der Waals surface area contributed by atoms with E-state index in [1.54, 1.807) is 23.5 Å². The van der Waals surface area contributed by atoms with E-state index in [1.165, 1.54) is 0 Å². The summed E-state index contributed by atoms with van der Waals surface area (Å²) in [6, 6.07) is 14.8. The van der Waals surface area contributed by atoms with Crippen molar-refractivity contribution in [3.05, 3.63) is 69.6 Å². The minimum atomic E-state index is -0.590. The number of halogens is 1. The quantitative estimate of drug-likeness (QED) is 0.528. The first-order valence-corrected chi connectivity index (χ1v) is 12.1. The Morgan fingerprint density at radius 2 is 1.85 bits per heavy atom. The molecule has 0 saturated carbocycles. The maximum Gasteiger partial charge on any atom is 0.267 e. The van der Waals surface area contributed by atoms with Crippen molar-refractivity contribution in [2.24, 2.45) is 0 Å². The summed E-state index contributed by atoms with van der Waals surface area (Å²) in [7, 11) is 0. The Hall–Kier alpha value is -2.81. The minimum Gasteiger partial charge on any atom is -0.486 e. The molecular formula is C24H24ClN3O4S. The average Bonchev–Trinajstić information content (AvgIpc) is 3.30. The number of thiazole rings is 1. The van der Waals surface area contributed by atoms with Crippen molar-refractivity contribution < 1.29 is 19.0 Å². The molecule has 1 aromatic heterocycles. The van der Waals surface area contributed by atoms with Crippen molar-refractivity contribution in [2.45, 2.75) is 19.3 Å². The number of hydrogen-bond acceptors (Lipinski definition) is 7. The lowest BCUT2D eigenvalue weighted by Gasteiger charge is -2.36. The van der Waals surface area contributed by atoms with Gasteiger partial charge in [-0.1, -0.05) is 23.7 Å². The first kappa shape index (κ1) is 22.0. The average molecular weight is 486 g/mol. The maximum absolute atomic E-state index is 12.9. The van der Waals surface area contributed by atoms with Gasteiger partial charge in [-0.25, -0.2) is 4.98 Å². The molecule has 1 amide bonds. The summed E-state index contributed by atoms with van der Waals surface area (Å²) < 4.78 is 17.4. The lowest BCUT2D eigenvalue weighted by Crippen LogP contribution is -2.53. The Labute approximate surface area is 201 Å². The number of para-hydroxylation sites is 2. The van der Waals surface area contributed by atoms with Gasteiger partial charge in [-0.15, -0.1) is 11.3 Å². The van der Waals surface area contributed by atoms with Gasteiger partial charge in [-0.3, -0.25) is 9.69 Å². The van der Waals surface area contributed by atoms with Crippen molar-refractivity contribution in [3.8, 4) is 17.2 Å². The van der Waals surface area contributed by atoms with Crippen molar-refractivity contribution >= 4 is 28.8 Å². The van der Waals surface area contributed by atoms with Gasteiger partial charge in [0, 0.05) is 43.1 Å². The molecule has 5 rings (SSSR count). The number of hydrogen-bond donors (Lipinski definition) is 0. The summed E-state index contributed by atoms with van der Waals surface area (Å²) in [6.07, 6.45) is -0.590. The first-order chi connectivity index (χ1) is 16.1. The lowest BCUT2D eigenvalue weighted by atomic mass is 10.2. The fraction of sp³-hybridized carbons (Fsp3) is 0.333. The third-order valence-corrected chi connectivity index (χ3v) is 6.75. The predicted molar refractivity (Wildman–Crippen MR) is 126 cm³/mol. The highest BCUT2D eigenvalue weighted by Crippen LogP contribution is 2.31. The van der Waals surface area contributed by atoms with E-state index in [4.69, 9.17) is 30.8 Å². The molecule has 1 saturated heterocycles. The van der Waals surface area contributed by atoms with E-state index in [2.05, 4.69) is 10.3 Å². The highest BCUT2D eigenvalue weighted by atomic mass is 35.5. The number of rotatable bonds is 6. The minimum absolute atomic E-state index is 0.0144. The van der Waals surface area contributed by atoms with Crippen LogP contribution in [0.1, 0.15) is 10.7 Å². The monoisotopic (exact) mass is 485 g/mol. The highest BCUT2D eigenvalue weighted by molar-refractivity contribution is 7.09. The lowest BCUT2D eigenvalue weighted by molar-refractivity contribution is -0.143. The zero-order valence-electron chi connectivity index (χ0n) is 18.0. The third-order valence-electron chi connectivity index (χ3n) is 5.63. The fourth-order valence-corrected chi connectivity index (χ4v) is 4.69. The topological polar surface area (TPSA) is 64.1 Å². The summed E-state index contributed by atoms with van der Waals surface area (Å²) in [6.45, 7) is 4.36. The van der Waals surface area contributed by atoms with Crippen LogP contribution in [0.4, 0.5) is 0 Å². The number of aromatic nitrogens is 1. The number of piperazine rings is 1. The molecule has 2 aromatic carbocycles. The molecule has 0 spiro atoms. The molecule has 0 unspecified atom stereocenters. The predicted octanol–water partition coefficient (Wildman–Crippen LogP) is 3.86. The zero-order chi connectivity index (χ0) is 22.6. The van der Waals surface area contributed by atoms with Gasteiger partial charge in [0.15, 0.2) is 11.5 Å². The molecule has 0 N–H and O–H groups in total. The number of ether oxygens (including phenoxy) is 3. The molecule has 172 valence electrons. The molecule has 9 heteroatoms. The Balaban J connectivity index is 1.08. The summed E-state index contributed by atoms with van der Waals surface area (Å²) in [5.74, 6) is 2.07. The summed E-state index contributed by atoms with van der Waals surface area (Å²) in [5.41, 5.74) is 1.02. The number of benzene rings is 2. The number of amides is 1. The molecule has 0 bridgehead atoms.